The fourth-order valence-corrected chi connectivity index (χ4v) is 5.00. The van der Waals surface area contributed by atoms with E-state index in [-0.39, 0.29) is 41.4 Å². The predicted octanol–water partition coefficient (Wildman–Crippen LogP) is 2.76. The quantitative estimate of drug-likeness (QED) is 0.661. The SMILES string of the molecule is C[C@@H](C(=O)Nc1ccc2ncccc2c1)N1C(=O)[C@@H]2[C@H](C1=O)[C@H]1C=C[C@H]2CC1. The molecule has 28 heavy (non-hydrogen) atoms. The van der Waals surface area contributed by atoms with Gasteiger partial charge in [0.2, 0.25) is 17.7 Å². The molecule has 4 aliphatic rings. The molecule has 3 amide bonds. The highest BCUT2D eigenvalue weighted by Gasteiger charge is 2.58. The number of carbonyl (C=O) groups excluding carboxylic acids is 3. The van der Waals surface area contributed by atoms with Gasteiger partial charge in [-0.2, -0.15) is 0 Å². The molecule has 1 aromatic heterocycles. The number of nitrogens with one attached hydrogen (secondary N) is 1. The second-order valence-electron chi connectivity index (χ2n) is 7.96. The summed E-state index contributed by atoms with van der Waals surface area (Å²) in [6.45, 7) is 1.63. The number of fused-ring (bicyclic) bond motifs is 2. The van der Waals surface area contributed by atoms with Gasteiger partial charge in [0.25, 0.3) is 0 Å². The van der Waals surface area contributed by atoms with Crippen molar-refractivity contribution in [3.05, 3.63) is 48.7 Å². The first-order valence-electron chi connectivity index (χ1n) is 9.75. The Morgan fingerprint density at radius 3 is 2.43 bits per heavy atom. The molecule has 6 rings (SSSR count). The van der Waals surface area contributed by atoms with Gasteiger partial charge >= 0.3 is 0 Å². The summed E-state index contributed by atoms with van der Waals surface area (Å²) >= 11 is 0. The zero-order chi connectivity index (χ0) is 19.4. The van der Waals surface area contributed by atoms with E-state index in [1.165, 1.54) is 4.90 Å². The first-order valence-corrected chi connectivity index (χ1v) is 9.75. The molecular weight excluding hydrogens is 354 g/mol. The van der Waals surface area contributed by atoms with Crippen LogP contribution in [-0.4, -0.2) is 33.6 Å². The summed E-state index contributed by atoms with van der Waals surface area (Å²) in [4.78, 5) is 44.3. The number of aromatic nitrogens is 1. The minimum atomic E-state index is -0.838. The number of likely N-dealkylation sites (tertiary alicyclic amines) is 1. The molecule has 0 spiro atoms. The van der Waals surface area contributed by atoms with Gasteiger partial charge in [-0.15, -0.1) is 0 Å². The summed E-state index contributed by atoms with van der Waals surface area (Å²) in [6, 6.07) is 8.36. The molecule has 2 heterocycles. The van der Waals surface area contributed by atoms with Crippen molar-refractivity contribution in [3.8, 4) is 0 Å². The summed E-state index contributed by atoms with van der Waals surface area (Å²) < 4.78 is 0. The van der Waals surface area contributed by atoms with Crippen LogP contribution < -0.4 is 5.32 Å². The number of imide groups is 1. The largest absolute Gasteiger partial charge is 0.324 e. The maximum atomic E-state index is 13.0. The zero-order valence-electron chi connectivity index (χ0n) is 15.5. The normalized spacial score (nSPS) is 29.2. The molecule has 1 saturated heterocycles. The molecule has 1 aromatic carbocycles. The first kappa shape index (κ1) is 17.1. The highest BCUT2D eigenvalue weighted by molar-refractivity contribution is 6.10. The van der Waals surface area contributed by atoms with Crippen LogP contribution in [-0.2, 0) is 14.4 Å². The van der Waals surface area contributed by atoms with Crippen LogP contribution in [0.3, 0.4) is 0 Å². The van der Waals surface area contributed by atoms with Crippen molar-refractivity contribution in [2.45, 2.75) is 25.8 Å². The van der Waals surface area contributed by atoms with Gasteiger partial charge in [-0.1, -0.05) is 18.2 Å². The number of allylic oxidation sites excluding steroid dienone is 2. The monoisotopic (exact) mass is 375 g/mol. The van der Waals surface area contributed by atoms with E-state index < -0.39 is 6.04 Å². The Labute approximate surface area is 162 Å². The summed E-state index contributed by atoms with van der Waals surface area (Å²) in [6.07, 6.45) is 7.77. The third-order valence-corrected chi connectivity index (χ3v) is 6.43. The van der Waals surface area contributed by atoms with E-state index in [1.54, 1.807) is 19.2 Å². The van der Waals surface area contributed by atoms with E-state index in [4.69, 9.17) is 0 Å². The van der Waals surface area contributed by atoms with E-state index in [0.29, 0.717) is 5.69 Å². The van der Waals surface area contributed by atoms with Crippen LogP contribution in [0.2, 0.25) is 0 Å². The Bertz CT molecular complexity index is 999. The van der Waals surface area contributed by atoms with Crippen LogP contribution in [0.4, 0.5) is 5.69 Å². The van der Waals surface area contributed by atoms with Gasteiger partial charge in [0, 0.05) is 17.3 Å². The Balaban J connectivity index is 1.37. The summed E-state index contributed by atoms with van der Waals surface area (Å²) in [5, 5.41) is 3.75. The molecule has 2 aromatic rings. The molecule has 5 atom stereocenters. The molecular formula is C22H21N3O3. The fraction of sp³-hybridized carbons (Fsp3) is 0.364. The number of pyridine rings is 1. The summed E-state index contributed by atoms with van der Waals surface area (Å²) in [5.41, 5.74) is 1.46. The van der Waals surface area contributed by atoms with Gasteiger partial charge in [0.1, 0.15) is 6.04 Å². The number of hydrogen-bond acceptors (Lipinski definition) is 4. The van der Waals surface area contributed by atoms with Crippen molar-refractivity contribution < 1.29 is 14.4 Å². The van der Waals surface area contributed by atoms with Gasteiger partial charge in [0.15, 0.2) is 0 Å². The topological polar surface area (TPSA) is 79.4 Å². The Morgan fingerprint density at radius 1 is 1.11 bits per heavy atom. The van der Waals surface area contributed by atoms with Crippen LogP contribution in [0.5, 0.6) is 0 Å². The van der Waals surface area contributed by atoms with Gasteiger partial charge in [0.05, 0.1) is 17.4 Å². The van der Waals surface area contributed by atoms with E-state index >= 15 is 0 Å². The number of hydrogen-bond donors (Lipinski definition) is 1. The smallest absolute Gasteiger partial charge is 0.247 e. The summed E-state index contributed by atoms with van der Waals surface area (Å²) in [5.74, 6) is -1.08. The number of nitrogens with zero attached hydrogens (tertiary/aromatic N) is 2. The van der Waals surface area contributed by atoms with Gasteiger partial charge < -0.3 is 5.32 Å². The van der Waals surface area contributed by atoms with E-state index in [0.717, 1.165) is 23.7 Å². The van der Waals surface area contributed by atoms with Crippen molar-refractivity contribution >= 4 is 34.3 Å². The number of carbonyl (C=O) groups is 3. The van der Waals surface area contributed by atoms with Crippen molar-refractivity contribution in [1.82, 2.24) is 9.88 Å². The molecule has 0 unspecified atom stereocenters. The molecule has 2 fully saturated rings. The lowest BCUT2D eigenvalue weighted by Gasteiger charge is -2.38. The Hall–Kier alpha value is -3.02. The minimum Gasteiger partial charge on any atom is -0.324 e. The average molecular weight is 375 g/mol. The molecule has 0 radical (unpaired) electrons. The molecule has 1 aliphatic heterocycles. The lowest BCUT2D eigenvalue weighted by atomic mass is 9.63. The standard InChI is InChI=1S/C22H21N3O3/c1-12(20(26)24-16-8-9-17-15(11-16)3-2-10-23-17)25-21(27)18-13-4-5-14(7-6-13)19(18)22(25)28/h2-5,8-14,18-19H,6-7H2,1H3,(H,24,26)/t12-,13-,14-,18-,19+/m0/s1. The van der Waals surface area contributed by atoms with Crippen LogP contribution in [0.25, 0.3) is 10.9 Å². The lowest BCUT2D eigenvalue weighted by molar-refractivity contribution is -0.146. The van der Waals surface area contributed by atoms with Crippen LogP contribution in [0.1, 0.15) is 19.8 Å². The highest BCUT2D eigenvalue weighted by atomic mass is 16.2. The molecule has 1 saturated carbocycles. The Morgan fingerprint density at radius 2 is 1.79 bits per heavy atom. The van der Waals surface area contributed by atoms with E-state index in [1.807, 2.05) is 24.3 Å². The number of amides is 3. The minimum absolute atomic E-state index is 0.125. The van der Waals surface area contributed by atoms with Gasteiger partial charge in [-0.25, -0.2) is 0 Å². The maximum Gasteiger partial charge on any atom is 0.247 e. The van der Waals surface area contributed by atoms with E-state index in [2.05, 4.69) is 22.5 Å². The van der Waals surface area contributed by atoms with Crippen molar-refractivity contribution in [2.24, 2.45) is 23.7 Å². The van der Waals surface area contributed by atoms with Crippen LogP contribution >= 0.6 is 0 Å². The molecule has 142 valence electrons. The highest BCUT2D eigenvalue weighted by Crippen LogP contribution is 2.49. The first-order chi connectivity index (χ1) is 13.5. The molecule has 1 N–H and O–H groups in total. The molecule has 6 heteroatoms. The van der Waals surface area contributed by atoms with Crippen molar-refractivity contribution in [1.29, 1.82) is 0 Å². The lowest BCUT2D eigenvalue weighted by Crippen LogP contribution is -2.46. The van der Waals surface area contributed by atoms with Gasteiger partial charge in [-0.3, -0.25) is 24.3 Å². The Kier molecular flexibility index (Phi) is 3.82. The number of benzene rings is 1. The second kappa shape index (κ2) is 6.26. The van der Waals surface area contributed by atoms with Crippen LogP contribution in [0, 0.1) is 23.7 Å². The van der Waals surface area contributed by atoms with Crippen molar-refractivity contribution in [2.75, 3.05) is 5.32 Å². The number of rotatable bonds is 3. The van der Waals surface area contributed by atoms with E-state index in [9.17, 15) is 14.4 Å². The van der Waals surface area contributed by atoms with Crippen molar-refractivity contribution in [3.63, 3.8) is 0 Å². The van der Waals surface area contributed by atoms with Gasteiger partial charge in [-0.05, 0) is 55.9 Å². The third kappa shape index (κ3) is 2.47. The molecule has 6 nitrogen and oxygen atoms in total. The third-order valence-electron chi connectivity index (χ3n) is 6.43. The maximum absolute atomic E-state index is 13.0. The number of anilines is 1. The molecule has 3 aliphatic carbocycles. The second-order valence-corrected chi connectivity index (χ2v) is 7.96. The summed E-state index contributed by atoms with van der Waals surface area (Å²) in [7, 11) is 0. The average Bonchev–Trinajstić information content (AvgIpc) is 3.01. The van der Waals surface area contributed by atoms with Crippen LogP contribution in [0.15, 0.2) is 48.7 Å². The molecule has 2 bridgehead atoms. The fourth-order valence-electron chi connectivity index (χ4n) is 5.00. The zero-order valence-corrected chi connectivity index (χ0v) is 15.5. The predicted molar refractivity (Wildman–Crippen MR) is 104 cm³/mol.